The van der Waals surface area contributed by atoms with Gasteiger partial charge in [0.05, 0.1) is 10.6 Å². The van der Waals surface area contributed by atoms with E-state index in [-0.39, 0.29) is 16.9 Å². The maximum atomic E-state index is 11.3. The van der Waals surface area contributed by atoms with Crippen LogP contribution < -0.4 is 10.6 Å². The van der Waals surface area contributed by atoms with Crippen LogP contribution in [0.5, 0.6) is 0 Å². The summed E-state index contributed by atoms with van der Waals surface area (Å²) < 4.78 is 22.6. The van der Waals surface area contributed by atoms with Gasteiger partial charge in [0, 0.05) is 11.1 Å². The molecule has 0 aliphatic heterocycles. The summed E-state index contributed by atoms with van der Waals surface area (Å²) in [4.78, 5) is 0. The van der Waals surface area contributed by atoms with E-state index in [0.717, 1.165) is 32.9 Å². The molecule has 2 nitrogen and oxygen atoms in total. The summed E-state index contributed by atoms with van der Waals surface area (Å²) in [6.45, 7) is 3.95. The van der Waals surface area contributed by atoms with Crippen molar-refractivity contribution in [2.24, 2.45) is 0 Å². The van der Waals surface area contributed by atoms with Gasteiger partial charge in [-0.1, -0.05) is 24.3 Å². The summed E-state index contributed by atoms with van der Waals surface area (Å²) in [7, 11) is -0.0330. The van der Waals surface area contributed by atoms with E-state index in [0.29, 0.717) is 0 Å². The molecule has 0 N–H and O–H groups in total. The summed E-state index contributed by atoms with van der Waals surface area (Å²) in [6.07, 6.45) is 0. The number of aryl methyl sites for hydroxylation is 2. The Balaban J connectivity index is 2.84. The minimum absolute atomic E-state index is 0.0165. The highest BCUT2D eigenvalue weighted by atomic mass is 31.1. The minimum atomic E-state index is -0.0165. The van der Waals surface area contributed by atoms with Crippen molar-refractivity contribution in [2.75, 3.05) is 0 Å². The summed E-state index contributed by atoms with van der Waals surface area (Å²) in [5.74, 6) is 0. The molecule has 2 rings (SSSR count). The fourth-order valence-electron chi connectivity index (χ4n) is 2.11. The van der Waals surface area contributed by atoms with Gasteiger partial charge < -0.3 is 0 Å². The second kappa shape index (κ2) is 5.52. The van der Waals surface area contributed by atoms with Crippen LogP contribution in [-0.2, 0) is 9.13 Å². The van der Waals surface area contributed by atoms with Crippen LogP contribution in [0.3, 0.4) is 0 Å². The van der Waals surface area contributed by atoms with Gasteiger partial charge in [-0.2, -0.15) is 0 Å². The Morgan fingerprint density at radius 3 is 1.44 bits per heavy atom. The summed E-state index contributed by atoms with van der Waals surface area (Å²) >= 11 is 0. The Bertz CT molecular complexity index is 566. The largest absolute Gasteiger partial charge is 0.269 e. The second-order valence-electron chi connectivity index (χ2n) is 4.12. The first-order valence-corrected chi connectivity index (χ1v) is 7.18. The van der Waals surface area contributed by atoms with Crippen LogP contribution in [0.2, 0.25) is 0 Å². The Morgan fingerprint density at radius 1 is 0.722 bits per heavy atom. The van der Waals surface area contributed by atoms with Crippen LogP contribution >= 0.6 is 16.9 Å². The van der Waals surface area contributed by atoms with E-state index < -0.39 is 0 Å². The standard InChI is InChI=1S/C14H12O2P2/c1-9-5-3-7-11(17-15)13(9)14-10(2)6-4-8-12(14)18-16/h3-8H,1-2H3. The molecule has 0 aliphatic rings. The van der Waals surface area contributed by atoms with E-state index >= 15 is 0 Å². The normalized spacial score (nSPS) is 11.0. The van der Waals surface area contributed by atoms with Crippen molar-refractivity contribution in [3.63, 3.8) is 0 Å². The van der Waals surface area contributed by atoms with E-state index in [1.165, 1.54) is 0 Å². The zero-order valence-corrected chi connectivity index (χ0v) is 12.0. The van der Waals surface area contributed by atoms with Gasteiger partial charge >= 0.3 is 0 Å². The monoisotopic (exact) mass is 274 g/mol. The average molecular weight is 274 g/mol. The van der Waals surface area contributed by atoms with E-state index in [4.69, 9.17) is 0 Å². The predicted molar refractivity (Wildman–Crippen MR) is 75.8 cm³/mol. The number of hydrogen-bond acceptors (Lipinski definition) is 2. The molecule has 2 aromatic rings. The van der Waals surface area contributed by atoms with Crippen LogP contribution in [0.25, 0.3) is 11.1 Å². The van der Waals surface area contributed by atoms with Gasteiger partial charge in [-0.15, -0.1) is 0 Å². The highest BCUT2D eigenvalue weighted by molar-refractivity contribution is 7.35. The van der Waals surface area contributed by atoms with Crippen molar-refractivity contribution in [1.82, 2.24) is 0 Å². The average Bonchev–Trinajstić information content (AvgIpc) is 2.38. The van der Waals surface area contributed by atoms with Crippen molar-refractivity contribution in [2.45, 2.75) is 13.8 Å². The third-order valence-corrected chi connectivity index (χ3v) is 4.09. The number of hydrogen-bond donors (Lipinski definition) is 0. The van der Waals surface area contributed by atoms with Gasteiger partial charge in [-0.3, -0.25) is 9.13 Å². The van der Waals surface area contributed by atoms with Crippen LogP contribution in [0, 0.1) is 13.8 Å². The fraction of sp³-hybridized carbons (Fsp3) is 0.143. The molecule has 0 amide bonds. The lowest BCUT2D eigenvalue weighted by molar-refractivity contribution is 0.602. The molecule has 0 saturated heterocycles. The smallest absolute Gasteiger partial charge is 0.192 e. The summed E-state index contributed by atoms with van der Waals surface area (Å²) in [5, 5.41) is 1.46. The number of rotatable bonds is 3. The highest BCUT2D eigenvalue weighted by Gasteiger charge is 2.14. The molecule has 0 bridgehead atoms. The number of benzene rings is 2. The van der Waals surface area contributed by atoms with Gasteiger partial charge in [0.15, 0.2) is 16.9 Å². The highest BCUT2D eigenvalue weighted by Crippen LogP contribution is 2.27. The van der Waals surface area contributed by atoms with Crippen molar-refractivity contribution in [1.29, 1.82) is 0 Å². The summed E-state index contributed by atoms with van der Waals surface area (Å²) in [6, 6.07) is 11.4. The molecule has 0 aromatic heterocycles. The molecule has 0 unspecified atom stereocenters. The van der Waals surface area contributed by atoms with Crippen LogP contribution in [-0.4, -0.2) is 0 Å². The molecule has 0 atom stereocenters. The zero-order chi connectivity index (χ0) is 13.1. The first kappa shape index (κ1) is 13.1. The first-order chi connectivity index (χ1) is 8.69. The lowest BCUT2D eigenvalue weighted by Crippen LogP contribution is -2.08. The fourth-order valence-corrected chi connectivity index (χ4v) is 3.16. The molecule has 0 aliphatic carbocycles. The van der Waals surface area contributed by atoms with Crippen molar-refractivity contribution in [3.05, 3.63) is 47.5 Å². The van der Waals surface area contributed by atoms with Gasteiger partial charge in [-0.05, 0) is 37.1 Å². The van der Waals surface area contributed by atoms with Gasteiger partial charge in [0.1, 0.15) is 0 Å². The third-order valence-electron chi connectivity index (χ3n) is 2.95. The molecule has 0 saturated carbocycles. The van der Waals surface area contributed by atoms with Gasteiger partial charge in [-0.25, -0.2) is 0 Å². The molecule has 2 aromatic carbocycles. The van der Waals surface area contributed by atoms with Crippen molar-refractivity contribution < 1.29 is 9.13 Å². The molecular weight excluding hydrogens is 262 g/mol. The predicted octanol–water partition coefficient (Wildman–Crippen LogP) is 3.80. The van der Waals surface area contributed by atoms with Crippen LogP contribution in [0.1, 0.15) is 11.1 Å². The Labute approximate surface area is 109 Å². The first-order valence-electron chi connectivity index (χ1n) is 5.55. The molecule has 4 heteroatoms. The van der Waals surface area contributed by atoms with E-state index in [2.05, 4.69) is 0 Å². The van der Waals surface area contributed by atoms with E-state index in [1.807, 2.05) is 50.2 Å². The van der Waals surface area contributed by atoms with Crippen molar-refractivity contribution in [3.8, 4) is 11.1 Å². The molecule has 18 heavy (non-hydrogen) atoms. The Hall–Kier alpha value is -1.36. The molecule has 90 valence electrons. The maximum Gasteiger partial charge on any atom is 0.192 e. The minimum Gasteiger partial charge on any atom is -0.269 e. The quantitative estimate of drug-likeness (QED) is 0.798. The molecule has 0 heterocycles. The zero-order valence-electron chi connectivity index (χ0n) is 10.2. The molecular formula is C14H12O2P2. The second-order valence-corrected chi connectivity index (χ2v) is 5.45. The molecule has 0 fully saturated rings. The Morgan fingerprint density at radius 2 is 1.11 bits per heavy atom. The molecule has 0 spiro atoms. The topological polar surface area (TPSA) is 34.1 Å². The van der Waals surface area contributed by atoms with Crippen LogP contribution in [0.4, 0.5) is 0 Å². The van der Waals surface area contributed by atoms with Crippen molar-refractivity contribution >= 4 is 27.5 Å². The third kappa shape index (κ3) is 2.27. The lowest BCUT2D eigenvalue weighted by Gasteiger charge is -2.13. The SMILES string of the molecule is Cc1cccc(P=O)c1-c1c(C)cccc1P=O. The maximum absolute atomic E-state index is 11.3. The van der Waals surface area contributed by atoms with Crippen LogP contribution in [0.15, 0.2) is 36.4 Å². The molecule has 0 radical (unpaired) electrons. The van der Waals surface area contributed by atoms with Gasteiger partial charge in [0.25, 0.3) is 0 Å². The Kier molecular flexibility index (Phi) is 4.01. The van der Waals surface area contributed by atoms with E-state index in [9.17, 15) is 9.13 Å². The summed E-state index contributed by atoms with van der Waals surface area (Å²) in [5.41, 5.74) is 3.92. The van der Waals surface area contributed by atoms with Gasteiger partial charge in [0.2, 0.25) is 0 Å². The van der Waals surface area contributed by atoms with E-state index in [1.54, 1.807) is 0 Å². The lowest BCUT2D eigenvalue weighted by atomic mass is 9.96.